The highest BCUT2D eigenvalue weighted by Crippen LogP contribution is 2.41. The number of nitrogens with zero attached hydrogens (tertiary/aromatic N) is 6. The van der Waals surface area contributed by atoms with Crippen LogP contribution >= 0.6 is 0 Å². The van der Waals surface area contributed by atoms with Gasteiger partial charge in [-0.15, -0.1) is 6.42 Å². The second kappa shape index (κ2) is 11.3. The number of carbonyl (C=O) groups excluding carboxylic acids is 1. The Morgan fingerprint density at radius 1 is 1.16 bits per heavy atom. The highest BCUT2D eigenvalue weighted by Gasteiger charge is 2.36. The molecule has 1 saturated carbocycles. The summed E-state index contributed by atoms with van der Waals surface area (Å²) in [5.74, 6) is 1.79. The number of hydrogen-bond acceptors (Lipinski definition) is 9. The predicted molar refractivity (Wildman–Crippen MR) is 168 cm³/mol. The normalized spacial score (nSPS) is 22.6. The fraction of sp³-hybridized carbons (Fsp3) is 0.471. The van der Waals surface area contributed by atoms with Crippen molar-refractivity contribution in [3.63, 3.8) is 0 Å². The van der Waals surface area contributed by atoms with Crippen molar-refractivity contribution in [1.82, 2.24) is 24.4 Å². The summed E-state index contributed by atoms with van der Waals surface area (Å²) in [6.07, 6.45) is 11.9. The van der Waals surface area contributed by atoms with E-state index in [0.717, 1.165) is 45.1 Å². The van der Waals surface area contributed by atoms with Gasteiger partial charge in [-0.25, -0.2) is 9.37 Å². The number of β-amino-alcohol motifs (C(OH)–C–C–N with tert-alkyl or cyclic N) is 1. The number of terminal acetylenes is 1. The fourth-order valence-electron chi connectivity index (χ4n) is 7.04. The van der Waals surface area contributed by atoms with Crippen LogP contribution in [0.3, 0.4) is 0 Å². The van der Waals surface area contributed by atoms with E-state index in [2.05, 4.69) is 17.9 Å². The lowest BCUT2D eigenvalue weighted by Crippen LogP contribution is -2.46. The monoisotopic (exact) mass is 612 g/mol. The summed E-state index contributed by atoms with van der Waals surface area (Å²) in [6.45, 7) is 4.26. The first kappa shape index (κ1) is 29.4. The lowest BCUT2D eigenvalue weighted by atomic mass is 9.91. The van der Waals surface area contributed by atoms with Gasteiger partial charge in [0, 0.05) is 36.1 Å². The molecular formula is C34H37FN6O4. The van der Waals surface area contributed by atoms with Crippen LogP contribution < -0.4 is 9.64 Å². The number of benzene rings is 2. The minimum absolute atomic E-state index is 0.0343. The summed E-state index contributed by atoms with van der Waals surface area (Å²) in [7, 11) is 2.08. The van der Waals surface area contributed by atoms with Crippen molar-refractivity contribution in [2.45, 2.75) is 69.6 Å². The fourth-order valence-corrected chi connectivity index (χ4v) is 7.04. The maximum absolute atomic E-state index is 14.9. The van der Waals surface area contributed by atoms with E-state index in [-0.39, 0.29) is 46.2 Å². The molecule has 234 valence electrons. The van der Waals surface area contributed by atoms with Crippen LogP contribution in [0.2, 0.25) is 0 Å². The quantitative estimate of drug-likeness (QED) is 0.228. The Morgan fingerprint density at radius 2 is 1.98 bits per heavy atom. The second-order valence-electron chi connectivity index (χ2n) is 13.0. The van der Waals surface area contributed by atoms with Crippen LogP contribution in [-0.2, 0) is 0 Å². The first-order valence-corrected chi connectivity index (χ1v) is 15.7. The van der Waals surface area contributed by atoms with E-state index < -0.39 is 17.2 Å². The number of aromatic nitrogens is 4. The van der Waals surface area contributed by atoms with Gasteiger partial charge in [0.15, 0.2) is 17.3 Å². The Labute approximate surface area is 260 Å². The number of likely N-dealkylation sites (N-methyl/N-ethyl adjacent to an activating group) is 1. The number of likely N-dealkylation sites (tertiary alicyclic amines) is 1. The molecule has 3 aliphatic rings. The number of carbonyl (C=O) groups is 1. The zero-order valence-electron chi connectivity index (χ0n) is 25.6. The Morgan fingerprint density at radius 3 is 2.67 bits per heavy atom. The summed E-state index contributed by atoms with van der Waals surface area (Å²) in [5, 5.41) is 22.3. The van der Waals surface area contributed by atoms with Gasteiger partial charge in [0.2, 0.25) is 5.78 Å². The summed E-state index contributed by atoms with van der Waals surface area (Å²) in [5.41, 5.74) is -0.00334. The van der Waals surface area contributed by atoms with Crippen LogP contribution in [0.4, 0.5) is 10.2 Å². The number of aromatic hydroxyl groups is 1. The molecule has 10 nitrogen and oxygen atoms in total. The first-order chi connectivity index (χ1) is 21.6. The third kappa shape index (κ3) is 5.26. The smallest absolute Gasteiger partial charge is 0.320 e. The third-order valence-electron chi connectivity index (χ3n) is 9.64. The second-order valence-corrected chi connectivity index (χ2v) is 13.0. The molecule has 0 unspecified atom stereocenters. The van der Waals surface area contributed by atoms with Crippen molar-refractivity contribution in [3.8, 4) is 24.1 Å². The van der Waals surface area contributed by atoms with Crippen LogP contribution in [-0.4, -0.2) is 85.3 Å². The molecule has 4 heterocycles. The van der Waals surface area contributed by atoms with Crippen molar-refractivity contribution < 1.29 is 24.1 Å². The summed E-state index contributed by atoms with van der Waals surface area (Å²) < 4.78 is 23.0. The van der Waals surface area contributed by atoms with Crippen LogP contribution in [0.25, 0.3) is 21.9 Å². The maximum atomic E-state index is 14.9. The molecule has 2 atom stereocenters. The van der Waals surface area contributed by atoms with Gasteiger partial charge in [-0.3, -0.25) is 4.79 Å². The Hall–Kier alpha value is -4.27. The lowest BCUT2D eigenvalue weighted by molar-refractivity contribution is 0.0447. The maximum Gasteiger partial charge on any atom is 0.320 e. The minimum Gasteiger partial charge on any atom is -0.508 e. The molecule has 1 aliphatic carbocycles. The molecule has 2 aliphatic heterocycles. The highest BCUT2D eigenvalue weighted by atomic mass is 19.1. The molecule has 0 bridgehead atoms. The van der Waals surface area contributed by atoms with Gasteiger partial charge in [-0.1, -0.05) is 12.0 Å². The van der Waals surface area contributed by atoms with Crippen LogP contribution in [0.1, 0.15) is 79.7 Å². The SMILES string of the molecule is C#Cc1c(F)ccc2cc(O)cc(C(=O)c3nc4nc(OC[C@@H]5CCCN5C)nc(N5CCC[C@@](C)(O)C5)c4n3C3CCC3)c12. The Bertz CT molecular complexity index is 1860. The number of anilines is 1. The van der Waals surface area contributed by atoms with Gasteiger partial charge in [0.25, 0.3) is 0 Å². The minimum atomic E-state index is -0.917. The molecule has 2 aromatic carbocycles. The van der Waals surface area contributed by atoms with Gasteiger partial charge in [0.1, 0.15) is 23.7 Å². The zero-order valence-corrected chi connectivity index (χ0v) is 25.6. The molecule has 0 radical (unpaired) electrons. The molecule has 11 heteroatoms. The number of rotatable bonds is 7. The van der Waals surface area contributed by atoms with E-state index in [1.807, 2.05) is 16.4 Å². The van der Waals surface area contributed by atoms with E-state index in [0.29, 0.717) is 48.5 Å². The molecule has 0 spiro atoms. The van der Waals surface area contributed by atoms with Crippen molar-refractivity contribution in [1.29, 1.82) is 0 Å². The molecule has 0 amide bonds. The first-order valence-electron chi connectivity index (χ1n) is 15.7. The number of phenols is 1. The number of ketones is 1. The number of piperidine rings is 1. The van der Waals surface area contributed by atoms with Crippen molar-refractivity contribution in [3.05, 3.63) is 47.0 Å². The van der Waals surface area contributed by atoms with E-state index in [9.17, 15) is 19.4 Å². The summed E-state index contributed by atoms with van der Waals surface area (Å²) in [4.78, 5) is 33.2. The number of fused-ring (bicyclic) bond motifs is 2. The molecule has 2 N–H and O–H groups in total. The van der Waals surface area contributed by atoms with Crippen LogP contribution in [0.5, 0.6) is 11.8 Å². The zero-order chi connectivity index (χ0) is 31.5. The van der Waals surface area contributed by atoms with Crippen molar-refractivity contribution in [2.24, 2.45) is 0 Å². The molecule has 2 aromatic heterocycles. The average molecular weight is 613 g/mol. The number of hydrogen-bond donors (Lipinski definition) is 2. The molecule has 7 rings (SSSR count). The standard InChI is InChI=1S/C34H37FN6O4/c1-4-24-26(35)12-11-20-16-23(42)17-25(27(20)24)29(43)32-36-30-28(41(32)21-8-5-9-21)31(40-15-7-13-34(2,44)19-40)38-33(37-30)45-18-22-10-6-14-39(22)3/h1,11-12,16-17,21-22,42,44H,5-10,13-15,18-19H2,2-3H3/t22-,34+/m0/s1. The summed E-state index contributed by atoms with van der Waals surface area (Å²) in [6, 6.07) is 5.88. The highest BCUT2D eigenvalue weighted by molar-refractivity contribution is 6.17. The van der Waals surface area contributed by atoms with Gasteiger partial charge in [-0.05, 0) is 89.0 Å². The number of aliphatic hydroxyl groups is 1. The molecule has 45 heavy (non-hydrogen) atoms. The van der Waals surface area contributed by atoms with Gasteiger partial charge >= 0.3 is 6.01 Å². The number of ether oxygens (including phenoxy) is 1. The largest absolute Gasteiger partial charge is 0.508 e. The van der Waals surface area contributed by atoms with Gasteiger partial charge < -0.3 is 29.3 Å². The third-order valence-corrected chi connectivity index (χ3v) is 9.64. The van der Waals surface area contributed by atoms with Gasteiger partial charge in [-0.2, -0.15) is 9.97 Å². The topological polar surface area (TPSA) is 117 Å². The number of phenolic OH excluding ortho intramolecular Hbond substituents is 1. The van der Waals surface area contributed by atoms with E-state index in [4.69, 9.17) is 26.1 Å². The lowest BCUT2D eigenvalue weighted by Gasteiger charge is -2.38. The van der Waals surface area contributed by atoms with Crippen LogP contribution in [0.15, 0.2) is 24.3 Å². The number of halogens is 1. The number of imidazole rings is 1. The average Bonchev–Trinajstić information content (AvgIpc) is 3.56. The molecule has 3 fully saturated rings. The van der Waals surface area contributed by atoms with Crippen molar-refractivity contribution in [2.75, 3.05) is 38.2 Å². The van der Waals surface area contributed by atoms with E-state index >= 15 is 0 Å². The van der Waals surface area contributed by atoms with Crippen molar-refractivity contribution >= 4 is 33.5 Å². The Kier molecular flexibility index (Phi) is 7.37. The van der Waals surface area contributed by atoms with E-state index in [1.165, 1.54) is 24.3 Å². The predicted octanol–water partition coefficient (Wildman–Crippen LogP) is 4.59. The molecule has 4 aromatic rings. The molecule has 2 saturated heterocycles. The van der Waals surface area contributed by atoms with E-state index in [1.54, 1.807) is 0 Å². The van der Waals surface area contributed by atoms with Crippen LogP contribution in [0, 0.1) is 18.2 Å². The summed E-state index contributed by atoms with van der Waals surface area (Å²) >= 11 is 0. The van der Waals surface area contributed by atoms with Gasteiger partial charge in [0.05, 0.1) is 11.2 Å². The molecular weight excluding hydrogens is 575 g/mol. The Balaban J connectivity index is 1.42.